The second-order valence-electron chi connectivity index (χ2n) is 6.82. The van der Waals surface area contributed by atoms with Crippen LogP contribution >= 0.6 is 0 Å². The number of Topliss-reactive ketones (excluding diaryl/α,β-unsaturated/α-hetero) is 1. The van der Waals surface area contributed by atoms with Crippen molar-refractivity contribution < 1.29 is 18.8 Å². The minimum absolute atomic E-state index is 0.0537. The Balaban J connectivity index is 4.84. The first-order valence-corrected chi connectivity index (χ1v) is 10.4. The Morgan fingerprint density at radius 1 is 1.29 bits per heavy atom. The SMILES string of the molecule is C=C[C@H](O[Si](C)(C)C(C)(C)C)[C@@H](C)C(=O)CC(=O)OCC. The van der Waals surface area contributed by atoms with Gasteiger partial charge in [-0.1, -0.05) is 33.8 Å². The van der Waals surface area contributed by atoms with Gasteiger partial charge in [0.2, 0.25) is 0 Å². The summed E-state index contributed by atoms with van der Waals surface area (Å²) in [5.41, 5.74) is 0. The zero-order chi connectivity index (χ0) is 16.8. The van der Waals surface area contributed by atoms with E-state index >= 15 is 0 Å². The van der Waals surface area contributed by atoms with E-state index in [-0.39, 0.29) is 30.0 Å². The van der Waals surface area contributed by atoms with Crippen LogP contribution in [0.4, 0.5) is 0 Å². The zero-order valence-electron chi connectivity index (χ0n) is 14.5. The Labute approximate surface area is 130 Å². The number of hydrogen-bond donors (Lipinski definition) is 0. The average molecular weight is 314 g/mol. The maximum Gasteiger partial charge on any atom is 0.313 e. The topological polar surface area (TPSA) is 52.6 Å². The minimum atomic E-state index is -1.99. The lowest BCUT2D eigenvalue weighted by molar-refractivity contribution is -0.146. The third kappa shape index (κ3) is 6.14. The van der Waals surface area contributed by atoms with Crippen LogP contribution in [0.1, 0.15) is 41.0 Å². The monoisotopic (exact) mass is 314 g/mol. The molecule has 0 aliphatic rings. The fourth-order valence-corrected chi connectivity index (χ4v) is 2.90. The van der Waals surface area contributed by atoms with Crippen molar-refractivity contribution in [1.82, 2.24) is 0 Å². The van der Waals surface area contributed by atoms with E-state index in [2.05, 4.69) is 40.4 Å². The summed E-state index contributed by atoms with van der Waals surface area (Å²) in [7, 11) is -1.99. The van der Waals surface area contributed by atoms with Crippen molar-refractivity contribution >= 4 is 20.1 Å². The normalized spacial score (nSPS) is 15.2. The van der Waals surface area contributed by atoms with E-state index in [1.165, 1.54) is 0 Å². The number of esters is 1. The molecule has 0 saturated heterocycles. The summed E-state index contributed by atoms with van der Waals surface area (Å²) in [6.45, 7) is 18.3. The lowest BCUT2D eigenvalue weighted by atomic mass is 9.97. The minimum Gasteiger partial charge on any atom is -0.466 e. The number of carbonyl (C=O) groups is 2. The molecule has 0 fully saturated rings. The Morgan fingerprint density at radius 2 is 1.81 bits per heavy atom. The molecule has 0 aromatic heterocycles. The predicted molar refractivity (Wildman–Crippen MR) is 87.7 cm³/mol. The van der Waals surface area contributed by atoms with Crippen LogP contribution in [0.2, 0.25) is 18.1 Å². The maximum absolute atomic E-state index is 12.2. The van der Waals surface area contributed by atoms with E-state index in [4.69, 9.17) is 9.16 Å². The van der Waals surface area contributed by atoms with E-state index in [1.807, 2.05) is 0 Å². The van der Waals surface area contributed by atoms with Crippen molar-refractivity contribution in [2.45, 2.75) is 65.3 Å². The smallest absolute Gasteiger partial charge is 0.313 e. The van der Waals surface area contributed by atoms with Crippen LogP contribution in [-0.2, 0) is 18.8 Å². The van der Waals surface area contributed by atoms with Gasteiger partial charge in [0.25, 0.3) is 0 Å². The van der Waals surface area contributed by atoms with Crippen LogP contribution in [0.5, 0.6) is 0 Å². The van der Waals surface area contributed by atoms with Gasteiger partial charge in [-0.3, -0.25) is 9.59 Å². The van der Waals surface area contributed by atoms with Gasteiger partial charge >= 0.3 is 5.97 Å². The molecule has 2 atom stereocenters. The molecule has 0 amide bonds. The Morgan fingerprint density at radius 3 is 2.19 bits per heavy atom. The summed E-state index contributed by atoms with van der Waals surface area (Å²) < 4.78 is 11.0. The zero-order valence-corrected chi connectivity index (χ0v) is 15.5. The van der Waals surface area contributed by atoms with E-state index in [0.29, 0.717) is 0 Å². The summed E-state index contributed by atoms with van der Waals surface area (Å²) in [4.78, 5) is 23.6. The molecular weight excluding hydrogens is 284 g/mol. The van der Waals surface area contributed by atoms with Gasteiger partial charge in [0.15, 0.2) is 8.32 Å². The molecule has 0 aliphatic heterocycles. The fraction of sp³-hybridized carbons (Fsp3) is 0.750. The van der Waals surface area contributed by atoms with Gasteiger partial charge in [-0.2, -0.15) is 0 Å². The lowest BCUT2D eigenvalue weighted by Crippen LogP contribution is -2.46. The van der Waals surface area contributed by atoms with Gasteiger partial charge in [-0.05, 0) is 25.1 Å². The summed E-state index contributed by atoms with van der Waals surface area (Å²) in [6.07, 6.45) is 1.09. The molecule has 0 spiro atoms. The molecule has 0 unspecified atom stereocenters. The summed E-state index contributed by atoms with van der Waals surface area (Å²) >= 11 is 0. The highest BCUT2D eigenvalue weighted by Crippen LogP contribution is 2.38. The molecule has 0 aromatic carbocycles. The third-order valence-electron chi connectivity index (χ3n) is 4.09. The number of ketones is 1. The van der Waals surface area contributed by atoms with Crippen molar-refractivity contribution in [1.29, 1.82) is 0 Å². The van der Waals surface area contributed by atoms with Crippen molar-refractivity contribution in [3.8, 4) is 0 Å². The predicted octanol–water partition coefficient (Wildman–Crippen LogP) is 3.72. The van der Waals surface area contributed by atoms with Crippen molar-refractivity contribution in [2.75, 3.05) is 6.61 Å². The van der Waals surface area contributed by atoms with Crippen LogP contribution in [0.3, 0.4) is 0 Å². The highest BCUT2D eigenvalue weighted by molar-refractivity contribution is 6.74. The van der Waals surface area contributed by atoms with Crippen molar-refractivity contribution in [3.63, 3.8) is 0 Å². The van der Waals surface area contributed by atoms with Gasteiger partial charge in [0, 0.05) is 5.92 Å². The van der Waals surface area contributed by atoms with Gasteiger partial charge in [0.1, 0.15) is 12.2 Å². The Hall–Kier alpha value is -0.943. The molecule has 0 radical (unpaired) electrons. The first-order valence-electron chi connectivity index (χ1n) is 7.45. The Bertz CT molecular complexity index is 382. The highest BCUT2D eigenvalue weighted by Gasteiger charge is 2.40. The molecule has 0 saturated carbocycles. The van der Waals surface area contributed by atoms with Crippen LogP contribution in [0.25, 0.3) is 0 Å². The number of hydrogen-bond acceptors (Lipinski definition) is 4. The summed E-state index contributed by atoms with van der Waals surface area (Å²) in [5, 5.41) is 0.0537. The van der Waals surface area contributed by atoms with E-state index in [1.54, 1.807) is 19.9 Å². The lowest BCUT2D eigenvalue weighted by Gasteiger charge is -2.39. The largest absolute Gasteiger partial charge is 0.466 e. The van der Waals surface area contributed by atoms with Gasteiger partial charge in [-0.15, -0.1) is 6.58 Å². The second-order valence-corrected chi connectivity index (χ2v) is 11.6. The van der Waals surface area contributed by atoms with Crippen molar-refractivity contribution in [3.05, 3.63) is 12.7 Å². The van der Waals surface area contributed by atoms with Gasteiger partial charge in [-0.25, -0.2) is 0 Å². The highest BCUT2D eigenvalue weighted by atomic mass is 28.4. The molecule has 0 bridgehead atoms. The molecule has 21 heavy (non-hydrogen) atoms. The molecule has 0 N–H and O–H groups in total. The quantitative estimate of drug-likeness (QED) is 0.296. The second kappa shape index (κ2) is 7.89. The molecule has 0 heterocycles. The average Bonchev–Trinajstić information content (AvgIpc) is 2.33. The maximum atomic E-state index is 12.2. The molecule has 5 heteroatoms. The van der Waals surface area contributed by atoms with E-state index in [0.717, 1.165) is 0 Å². The van der Waals surface area contributed by atoms with Crippen LogP contribution < -0.4 is 0 Å². The summed E-state index contributed by atoms with van der Waals surface area (Å²) in [6, 6.07) is 0. The van der Waals surface area contributed by atoms with Crippen LogP contribution in [-0.4, -0.2) is 32.8 Å². The number of carbonyl (C=O) groups excluding carboxylic acids is 2. The Kier molecular flexibility index (Phi) is 7.54. The van der Waals surface area contributed by atoms with Crippen LogP contribution in [0.15, 0.2) is 12.7 Å². The summed E-state index contributed by atoms with van der Waals surface area (Å²) in [5.74, 6) is -1.05. The first-order chi connectivity index (χ1) is 9.46. The van der Waals surface area contributed by atoms with E-state index in [9.17, 15) is 9.59 Å². The van der Waals surface area contributed by atoms with E-state index < -0.39 is 20.2 Å². The van der Waals surface area contributed by atoms with Gasteiger partial charge in [0.05, 0.1) is 12.7 Å². The fourth-order valence-electron chi connectivity index (χ4n) is 1.57. The van der Waals surface area contributed by atoms with Crippen molar-refractivity contribution in [2.24, 2.45) is 5.92 Å². The molecule has 4 nitrogen and oxygen atoms in total. The molecular formula is C16H30O4Si. The molecule has 0 aromatic rings. The van der Waals surface area contributed by atoms with Crippen LogP contribution in [0, 0.1) is 5.92 Å². The molecule has 122 valence electrons. The third-order valence-corrected chi connectivity index (χ3v) is 8.57. The standard InChI is InChI=1S/C16H30O4Si/c1-9-14(20-21(7,8)16(4,5)6)12(3)13(17)11-15(18)19-10-2/h9,12,14H,1,10-11H2,2-8H3/t12-,14-/m0/s1. The van der Waals surface area contributed by atoms with Gasteiger partial charge < -0.3 is 9.16 Å². The molecule has 0 aliphatic carbocycles. The molecule has 0 rings (SSSR count). The first kappa shape index (κ1) is 20.1. The number of ether oxygens (including phenoxy) is 1. The number of rotatable bonds is 8.